The van der Waals surface area contributed by atoms with E-state index < -0.39 is 5.41 Å². The number of ketones is 1. The number of hydrogen-bond donors (Lipinski definition) is 0. The third-order valence-corrected chi connectivity index (χ3v) is 5.76. The van der Waals surface area contributed by atoms with E-state index in [1.54, 1.807) is 12.1 Å². The molecule has 1 aromatic rings. The van der Waals surface area contributed by atoms with Gasteiger partial charge in [-0.05, 0) is 50.7 Å². The zero-order valence-corrected chi connectivity index (χ0v) is 13.8. The molecule has 22 heavy (non-hydrogen) atoms. The second kappa shape index (κ2) is 5.50. The lowest BCUT2D eigenvalue weighted by Crippen LogP contribution is -2.49. The predicted molar refractivity (Wildman–Crippen MR) is 83.2 cm³/mol. The topological polar surface area (TPSA) is 56.3 Å². The molecule has 0 amide bonds. The third-order valence-electron chi connectivity index (χ3n) is 5.37. The normalized spacial score (nSPS) is 30.1. The van der Waals surface area contributed by atoms with Crippen molar-refractivity contribution in [2.24, 2.45) is 10.8 Å². The summed E-state index contributed by atoms with van der Waals surface area (Å²) in [7, 11) is 1.43. The highest BCUT2D eigenvalue weighted by Crippen LogP contribution is 2.58. The molecule has 0 aromatic carbocycles. The van der Waals surface area contributed by atoms with Gasteiger partial charge in [0.25, 0.3) is 0 Å². The molecule has 3 aliphatic carbocycles. The lowest BCUT2D eigenvalue weighted by molar-refractivity contribution is -0.161. The molecule has 0 radical (unpaired) electrons. The largest absolute Gasteiger partial charge is 0.469 e. The Morgan fingerprint density at radius 2 is 1.45 bits per heavy atom. The van der Waals surface area contributed by atoms with Gasteiger partial charge in [-0.2, -0.15) is 0 Å². The molecule has 3 saturated carbocycles. The van der Waals surface area contributed by atoms with Crippen molar-refractivity contribution in [3.05, 3.63) is 28.0 Å². The molecular formula is C16H17Cl2NO3. The number of esters is 1. The minimum Gasteiger partial charge on any atom is -0.469 e. The van der Waals surface area contributed by atoms with E-state index >= 15 is 0 Å². The fourth-order valence-corrected chi connectivity index (χ4v) is 4.41. The van der Waals surface area contributed by atoms with Crippen LogP contribution in [0.4, 0.5) is 0 Å². The number of fused-ring (bicyclic) bond motifs is 3. The van der Waals surface area contributed by atoms with E-state index in [1.807, 2.05) is 0 Å². The van der Waals surface area contributed by atoms with Crippen LogP contribution in [-0.4, -0.2) is 23.8 Å². The number of carbonyl (C=O) groups excluding carboxylic acids is 2. The van der Waals surface area contributed by atoms with Crippen LogP contribution in [-0.2, 0) is 9.53 Å². The van der Waals surface area contributed by atoms with Crippen LogP contribution in [0.2, 0.25) is 10.3 Å². The average molecular weight is 342 g/mol. The first-order valence-corrected chi connectivity index (χ1v) is 8.13. The van der Waals surface area contributed by atoms with Gasteiger partial charge in [0.05, 0.1) is 12.5 Å². The van der Waals surface area contributed by atoms with E-state index in [4.69, 9.17) is 27.9 Å². The van der Waals surface area contributed by atoms with Crippen molar-refractivity contribution in [3.63, 3.8) is 0 Å². The Bertz CT molecular complexity index is 599. The number of methoxy groups -OCH3 is 1. The molecule has 0 spiro atoms. The van der Waals surface area contributed by atoms with E-state index in [1.165, 1.54) is 7.11 Å². The van der Waals surface area contributed by atoms with Crippen LogP contribution in [0.3, 0.4) is 0 Å². The highest BCUT2D eigenvalue weighted by atomic mass is 35.5. The van der Waals surface area contributed by atoms with Gasteiger partial charge in [-0.3, -0.25) is 9.59 Å². The van der Waals surface area contributed by atoms with E-state index in [0.29, 0.717) is 44.1 Å². The Kier molecular flexibility index (Phi) is 3.94. The van der Waals surface area contributed by atoms with Crippen molar-refractivity contribution in [1.29, 1.82) is 0 Å². The molecule has 118 valence electrons. The first-order chi connectivity index (χ1) is 10.4. The van der Waals surface area contributed by atoms with E-state index in [9.17, 15) is 9.59 Å². The van der Waals surface area contributed by atoms with Crippen LogP contribution in [0.1, 0.15) is 48.9 Å². The van der Waals surface area contributed by atoms with E-state index in [2.05, 4.69) is 4.98 Å². The quantitative estimate of drug-likeness (QED) is 0.472. The predicted octanol–water partition coefficient (Wildman–Crippen LogP) is 4.08. The van der Waals surface area contributed by atoms with E-state index in [0.717, 1.165) is 0 Å². The summed E-state index contributed by atoms with van der Waals surface area (Å²) in [6, 6.07) is 3.14. The SMILES string of the molecule is COC(=O)C12CCC(C(=O)c3cc(Cl)nc(Cl)c3)(CC1)CC2. The van der Waals surface area contributed by atoms with Crippen LogP contribution in [0.5, 0.6) is 0 Å². The molecule has 1 aromatic heterocycles. The van der Waals surface area contributed by atoms with Crippen LogP contribution in [0.15, 0.2) is 12.1 Å². The minimum absolute atomic E-state index is 0.0665. The number of carbonyl (C=O) groups is 2. The van der Waals surface area contributed by atoms with Crippen LogP contribution in [0, 0.1) is 10.8 Å². The average Bonchev–Trinajstić information content (AvgIpc) is 2.54. The number of rotatable bonds is 3. The van der Waals surface area contributed by atoms with Crippen molar-refractivity contribution in [2.75, 3.05) is 7.11 Å². The highest BCUT2D eigenvalue weighted by Gasteiger charge is 2.55. The lowest BCUT2D eigenvalue weighted by atomic mass is 9.52. The Hall–Kier alpha value is -1.13. The number of halogens is 2. The maximum Gasteiger partial charge on any atom is 0.311 e. The van der Waals surface area contributed by atoms with Gasteiger partial charge in [-0.15, -0.1) is 0 Å². The number of nitrogens with zero attached hydrogens (tertiary/aromatic N) is 1. The Labute approximate surface area is 139 Å². The van der Waals surface area contributed by atoms with Gasteiger partial charge in [0.2, 0.25) is 0 Å². The molecule has 0 saturated heterocycles. The summed E-state index contributed by atoms with van der Waals surface area (Å²) in [5.41, 5.74) is -0.272. The van der Waals surface area contributed by atoms with Crippen molar-refractivity contribution < 1.29 is 14.3 Å². The summed E-state index contributed by atoms with van der Waals surface area (Å²) in [5, 5.41) is 0.450. The maximum atomic E-state index is 13.0. The van der Waals surface area contributed by atoms with Crippen LogP contribution in [0.25, 0.3) is 0 Å². The highest BCUT2D eigenvalue weighted by molar-refractivity contribution is 6.33. The fourth-order valence-electron chi connectivity index (χ4n) is 3.95. The number of pyridine rings is 1. The first kappa shape index (κ1) is 15.8. The molecule has 2 bridgehead atoms. The van der Waals surface area contributed by atoms with Gasteiger partial charge in [0.1, 0.15) is 10.3 Å². The molecule has 4 nitrogen and oxygen atoms in total. The van der Waals surface area contributed by atoms with Gasteiger partial charge >= 0.3 is 5.97 Å². The van der Waals surface area contributed by atoms with Gasteiger partial charge in [0, 0.05) is 11.0 Å². The summed E-state index contributed by atoms with van der Waals surface area (Å²) in [5.74, 6) is -0.0693. The number of ether oxygens (including phenoxy) is 1. The molecule has 3 aliphatic rings. The van der Waals surface area contributed by atoms with Crippen molar-refractivity contribution in [3.8, 4) is 0 Å². The summed E-state index contributed by atoms with van der Waals surface area (Å²) in [6.45, 7) is 0. The molecule has 3 fully saturated rings. The summed E-state index contributed by atoms with van der Waals surface area (Å²) < 4.78 is 4.95. The van der Waals surface area contributed by atoms with E-state index in [-0.39, 0.29) is 27.5 Å². The Morgan fingerprint density at radius 3 is 1.91 bits per heavy atom. The van der Waals surface area contributed by atoms with Crippen LogP contribution >= 0.6 is 23.2 Å². The van der Waals surface area contributed by atoms with Crippen LogP contribution < -0.4 is 0 Å². The zero-order chi connectivity index (χ0) is 16.0. The molecule has 6 heteroatoms. The smallest absolute Gasteiger partial charge is 0.311 e. The maximum absolute atomic E-state index is 13.0. The second-order valence-electron chi connectivity index (χ2n) is 6.38. The first-order valence-electron chi connectivity index (χ1n) is 7.37. The molecular weight excluding hydrogens is 325 g/mol. The Balaban J connectivity index is 1.85. The Morgan fingerprint density at radius 1 is 1.00 bits per heavy atom. The standard InChI is InChI=1S/C16H17Cl2NO3/c1-22-14(21)16-5-2-15(3-6-16,4-7-16)13(20)10-8-11(17)19-12(18)9-10/h8-9H,2-7H2,1H3. The summed E-state index contributed by atoms with van der Waals surface area (Å²) in [6.07, 6.45) is 4.24. The fraction of sp³-hybridized carbons (Fsp3) is 0.562. The molecule has 0 N–H and O–H groups in total. The summed E-state index contributed by atoms with van der Waals surface area (Å²) in [4.78, 5) is 28.9. The summed E-state index contributed by atoms with van der Waals surface area (Å²) >= 11 is 11.8. The second-order valence-corrected chi connectivity index (χ2v) is 7.16. The molecule has 4 rings (SSSR count). The van der Waals surface area contributed by atoms with Crippen molar-refractivity contribution in [1.82, 2.24) is 4.98 Å². The number of Topliss-reactive ketones (excluding diaryl/α,β-unsaturated/α-hetero) is 1. The van der Waals surface area contributed by atoms with Gasteiger partial charge in [-0.25, -0.2) is 4.98 Å². The zero-order valence-electron chi connectivity index (χ0n) is 12.3. The van der Waals surface area contributed by atoms with Crippen molar-refractivity contribution >= 4 is 35.0 Å². The van der Waals surface area contributed by atoms with Gasteiger partial charge < -0.3 is 4.74 Å². The monoisotopic (exact) mass is 341 g/mol. The lowest BCUT2D eigenvalue weighted by Gasteiger charge is -2.50. The molecule has 0 atom stereocenters. The minimum atomic E-state index is -0.399. The van der Waals surface area contributed by atoms with Crippen molar-refractivity contribution in [2.45, 2.75) is 38.5 Å². The molecule has 0 unspecified atom stereocenters. The number of aromatic nitrogens is 1. The molecule has 0 aliphatic heterocycles. The third kappa shape index (κ3) is 2.42. The number of hydrogen-bond acceptors (Lipinski definition) is 4. The van der Waals surface area contributed by atoms with Gasteiger partial charge in [-0.1, -0.05) is 23.2 Å². The molecule has 1 heterocycles. The van der Waals surface area contributed by atoms with Gasteiger partial charge in [0.15, 0.2) is 5.78 Å².